The van der Waals surface area contributed by atoms with Gasteiger partial charge in [0.2, 0.25) is 0 Å². The van der Waals surface area contributed by atoms with Gasteiger partial charge in [0.15, 0.2) is 0 Å². The van der Waals surface area contributed by atoms with E-state index in [1.54, 1.807) is 0 Å². The predicted octanol–water partition coefficient (Wildman–Crippen LogP) is 2.67. The number of anilines is 1. The fourth-order valence-electron chi connectivity index (χ4n) is 2.59. The Morgan fingerprint density at radius 2 is 2.16 bits per heavy atom. The smallest absolute Gasteiger partial charge is 0.337 e. The Kier molecular flexibility index (Phi) is 3.18. The topological polar surface area (TPSA) is 83.7 Å². The molecule has 0 spiro atoms. The summed E-state index contributed by atoms with van der Waals surface area (Å²) < 4.78 is 0. The van der Waals surface area contributed by atoms with E-state index in [1.807, 2.05) is 18.7 Å². The summed E-state index contributed by atoms with van der Waals surface area (Å²) in [5.74, 6) is -1.06. The van der Waals surface area contributed by atoms with E-state index in [0.29, 0.717) is 12.2 Å². The van der Waals surface area contributed by atoms with Crippen LogP contribution in [-0.4, -0.2) is 28.1 Å². The van der Waals surface area contributed by atoms with E-state index >= 15 is 0 Å². The first-order valence-electron chi connectivity index (χ1n) is 6.12. The third kappa shape index (κ3) is 2.38. The van der Waals surface area contributed by atoms with Gasteiger partial charge in [0.25, 0.3) is 5.69 Å². The van der Waals surface area contributed by atoms with Crippen molar-refractivity contribution < 1.29 is 14.8 Å². The van der Waals surface area contributed by atoms with Crippen LogP contribution in [0.4, 0.5) is 11.4 Å². The zero-order valence-corrected chi connectivity index (χ0v) is 10.9. The summed E-state index contributed by atoms with van der Waals surface area (Å²) in [7, 11) is 0. The molecular formula is C13H16N2O4. The van der Waals surface area contributed by atoms with Crippen molar-refractivity contribution in [2.75, 3.05) is 11.4 Å². The minimum absolute atomic E-state index is 0.0808. The van der Waals surface area contributed by atoms with Crippen LogP contribution in [0.3, 0.4) is 0 Å². The van der Waals surface area contributed by atoms with Gasteiger partial charge in [0.1, 0.15) is 0 Å². The van der Waals surface area contributed by atoms with E-state index in [4.69, 9.17) is 0 Å². The molecule has 2 rings (SSSR count). The number of rotatable bonds is 3. The molecule has 1 aliphatic rings. The van der Waals surface area contributed by atoms with E-state index in [0.717, 1.165) is 12.8 Å². The number of carboxylic acid groups (broad SMARTS) is 1. The SMILES string of the molecule is CC1(C)CCCN1c1cc([N+](=O)[O-])ccc1C(=O)O. The van der Waals surface area contributed by atoms with Crippen LogP contribution in [0.15, 0.2) is 18.2 Å². The number of aromatic carboxylic acids is 1. The monoisotopic (exact) mass is 264 g/mol. The second-order valence-electron chi connectivity index (χ2n) is 5.33. The second kappa shape index (κ2) is 4.53. The summed E-state index contributed by atoms with van der Waals surface area (Å²) >= 11 is 0. The summed E-state index contributed by atoms with van der Waals surface area (Å²) in [6.07, 6.45) is 1.89. The fraction of sp³-hybridized carbons (Fsp3) is 0.462. The average Bonchev–Trinajstić information content (AvgIpc) is 2.67. The van der Waals surface area contributed by atoms with Crippen LogP contribution in [0.2, 0.25) is 0 Å². The summed E-state index contributed by atoms with van der Waals surface area (Å²) in [5, 5.41) is 20.1. The zero-order chi connectivity index (χ0) is 14.2. The second-order valence-corrected chi connectivity index (χ2v) is 5.33. The van der Waals surface area contributed by atoms with Gasteiger partial charge in [-0.15, -0.1) is 0 Å². The molecule has 102 valence electrons. The molecule has 6 heteroatoms. The molecule has 6 nitrogen and oxygen atoms in total. The van der Waals surface area contributed by atoms with E-state index in [1.165, 1.54) is 18.2 Å². The van der Waals surface area contributed by atoms with Gasteiger partial charge in [-0.2, -0.15) is 0 Å². The Morgan fingerprint density at radius 3 is 2.63 bits per heavy atom. The molecule has 1 aliphatic heterocycles. The van der Waals surface area contributed by atoms with Crippen LogP contribution in [0, 0.1) is 10.1 Å². The first kappa shape index (κ1) is 13.3. The molecule has 0 bridgehead atoms. The third-order valence-electron chi connectivity index (χ3n) is 3.61. The van der Waals surface area contributed by atoms with Gasteiger partial charge in [0, 0.05) is 24.2 Å². The van der Waals surface area contributed by atoms with Crippen molar-refractivity contribution in [3.05, 3.63) is 33.9 Å². The van der Waals surface area contributed by atoms with Crippen molar-refractivity contribution >= 4 is 17.3 Å². The lowest BCUT2D eigenvalue weighted by Crippen LogP contribution is -2.39. The Labute approximate surface area is 110 Å². The average molecular weight is 264 g/mol. The predicted molar refractivity (Wildman–Crippen MR) is 70.7 cm³/mol. The maximum absolute atomic E-state index is 11.3. The van der Waals surface area contributed by atoms with E-state index in [-0.39, 0.29) is 16.8 Å². The van der Waals surface area contributed by atoms with Crippen molar-refractivity contribution in [1.29, 1.82) is 0 Å². The van der Waals surface area contributed by atoms with Gasteiger partial charge >= 0.3 is 5.97 Å². The lowest BCUT2D eigenvalue weighted by Gasteiger charge is -2.34. The van der Waals surface area contributed by atoms with Crippen molar-refractivity contribution in [3.63, 3.8) is 0 Å². The molecule has 0 unspecified atom stereocenters. The third-order valence-corrected chi connectivity index (χ3v) is 3.61. The molecule has 0 aliphatic carbocycles. The van der Waals surface area contributed by atoms with Gasteiger partial charge in [-0.05, 0) is 32.8 Å². The number of non-ortho nitro benzene ring substituents is 1. The molecule has 1 fully saturated rings. The van der Waals surface area contributed by atoms with Crippen molar-refractivity contribution in [1.82, 2.24) is 0 Å². The summed E-state index contributed by atoms with van der Waals surface area (Å²) in [6, 6.07) is 3.90. The summed E-state index contributed by atoms with van der Waals surface area (Å²) in [6.45, 7) is 4.75. The molecule has 1 N–H and O–H groups in total. The van der Waals surface area contributed by atoms with Crippen LogP contribution in [-0.2, 0) is 0 Å². The molecule has 1 aromatic carbocycles. The van der Waals surface area contributed by atoms with Crippen LogP contribution >= 0.6 is 0 Å². The number of benzene rings is 1. The van der Waals surface area contributed by atoms with Crippen molar-refractivity contribution in [2.24, 2.45) is 0 Å². The number of nitro groups is 1. The van der Waals surface area contributed by atoms with Gasteiger partial charge < -0.3 is 10.0 Å². The van der Waals surface area contributed by atoms with Crippen LogP contribution < -0.4 is 4.90 Å². The number of carboxylic acids is 1. The number of hydrogen-bond acceptors (Lipinski definition) is 4. The first-order valence-corrected chi connectivity index (χ1v) is 6.12. The van der Waals surface area contributed by atoms with E-state index in [9.17, 15) is 20.0 Å². The van der Waals surface area contributed by atoms with E-state index < -0.39 is 10.9 Å². The molecule has 0 aromatic heterocycles. The standard InChI is InChI=1S/C13H16N2O4/c1-13(2)6-3-7-14(13)11-8-9(15(18)19)4-5-10(11)12(16)17/h4-5,8H,3,6-7H2,1-2H3,(H,16,17). The normalized spacial score (nSPS) is 17.5. The summed E-state index contributed by atoms with van der Waals surface area (Å²) in [5.41, 5.74) is 0.284. The molecule has 1 saturated heterocycles. The highest BCUT2D eigenvalue weighted by Gasteiger charge is 2.34. The van der Waals surface area contributed by atoms with Crippen LogP contribution in [0.5, 0.6) is 0 Å². The maximum Gasteiger partial charge on any atom is 0.337 e. The minimum atomic E-state index is -1.06. The first-order chi connectivity index (χ1) is 8.83. The lowest BCUT2D eigenvalue weighted by atomic mass is 10.0. The van der Waals surface area contributed by atoms with Gasteiger partial charge in [-0.25, -0.2) is 4.79 Å². The van der Waals surface area contributed by atoms with Gasteiger partial charge in [-0.1, -0.05) is 0 Å². The molecule has 0 saturated carbocycles. The Morgan fingerprint density at radius 1 is 1.47 bits per heavy atom. The number of hydrogen-bond donors (Lipinski definition) is 1. The molecular weight excluding hydrogens is 248 g/mol. The van der Waals surface area contributed by atoms with Gasteiger partial charge in [0.05, 0.1) is 16.2 Å². The molecule has 1 aromatic rings. The quantitative estimate of drug-likeness (QED) is 0.670. The number of nitro benzene ring substituents is 1. The maximum atomic E-state index is 11.3. The van der Waals surface area contributed by atoms with Crippen molar-refractivity contribution in [3.8, 4) is 0 Å². The molecule has 0 atom stereocenters. The Balaban J connectivity index is 2.55. The van der Waals surface area contributed by atoms with Crippen molar-refractivity contribution in [2.45, 2.75) is 32.2 Å². The summed E-state index contributed by atoms with van der Waals surface area (Å²) in [4.78, 5) is 23.6. The Bertz CT molecular complexity index is 539. The van der Waals surface area contributed by atoms with Gasteiger partial charge in [-0.3, -0.25) is 10.1 Å². The molecule has 0 radical (unpaired) electrons. The highest BCUT2D eigenvalue weighted by atomic mass is 16.6. The molecule has 0 amide bonds. The largest absolute Gasteiger partial charge is 0.478 e. The van der Waals surface area contributed by atoms with Crippen LogP contribution in [0.25, 0.3) is 0 Å². The zero-order valence-electron chi connectivity index (χ0n) is 10.9. The van der Waals surface area contributed by atoms with Crippen LogP contribution in [0.1, 0.15) is 37.0 Å². The number of carbonyl (C=O) groups is 1. The highest BCUT2D eigenvalue weighted by Crippen LogP contribution is 2.37. The lowest BCUT2D eigenvalue weighted by molar-refractivity contribution is -0.384. The number of nitrogens with zero attached hydrogens (tertiary/aromatic N) is 2. The van der Waals surface area contributed by atoms with E-state index in [2.05, 4.69) is 0 Å². The minimum Gasteiger partial charge on any atom is -0.478 e. The highest BCUT2D eigenvalue weighted by molar-refractivity contribution is 5.95. The Hall–Kier alpha value is -2.11. The fourth-order valence-corrected chi connectivity index (χ4v) is 2.59. The molecule has 19 heavy (non-hydrogen) atoms. The molecule has 1 heterocycles.